The lowest BCUT2D eigenvalue weighted by Gasteiger charge is -2.07. The highest BCUT2D eigenvalue weighted by Gasteiger charge is 2.14. The van der Waals surface area contributed by atoms with Crippen molar-refractivity contribution in [1.29, 1.82) is 0 Å². The maximum Gasteiger partial charge on any atom is 0.309 e. The van der Waals surface area contributed by atoms with E-state index in [2.05, 4.69) is 9.93 Å². The highest BCUT2D eigenvalue weighted by Crippen LogP contribution is 2.08. The summed E-state index contributed by atoms with van der Waals surface area (Å²) in [5.74, 6) is -0.714. The van der Waals surface area contributed by atoms with E-state index in [1.165, 1.54) is 19.1 Å². The fourth-order valence-corrected chi connectivity index (χ4v) is 2.44. The van der Waals surface area contributed by atoms with Crippen LogP contribution in [0.15, 0.2) is 70.7 Å². The van der Waals surface area contributed by atoms with Gasteiger partial charge in [0.2, 0.25) is 5.90 Å². The lowest BCUT2D eigenvalue weighted by atomic mass is 10.2. The number of hydrogen-bond acceptors (Lipinski definition) is 5. The molecule has 0 fully saturated rings. The van der Waals surface area contributed by atoms with Crippen LogP contribution in [0, 0.1) is 0 Å². The number of nitrogens with zero attached hydrogens (tertiary/aromatic N) is 1. The second kappa shape index (κ2) is 6.86. The highest BCUT2D eigenvalue weighted by atomic mass is 32.2. The Labute approximate surface area is 128 Å². The molecule has 22 heavy (non-hydrogen) atoms. The molecule has 0 aliphatic heterocycles. The number of rotatable bonds is 4. The fraction of sp³-hybridized carbons (Fsp3) is 0.0667. The summed E-state index contributed by atoms with van der Waals surface area (Å²) in [7, 11) is -3.83. The van der Waals surface area contributed by atoms with E-state index in [9.17, 15) is 13.2 Å². The Morgan fingerprint density at radius 1 is 1.00 bits per heavy atom. The van der Waals surface area contributed by atoms with Crippen LogP contribution in [0.2, 0.25) is 0 Å². The van der Waals surface area contributed by atoms with Crippen LogP contribution in [0.25, 0.3) is 0 Å². The van der Waals surface area contributed by atoms with Gasteiger partial charge in [0.05, 0.1) is 4.90 Å². The molecule has 0 aromatic heterocycles. The standard InChI is InChI=1S/C15H14N2O4S/c1-12(18)21-15(13-8-4-2-5-9-13)16-17-22(19,20)14-10-6-3-7-11-14/h2-11,17H,1H3/b16-15+. The van der Waals surface area contributed by atoms with Gasteiger partial charge < -0.3 is 4.74 Å². The summed E-state index contributed by atoms with van der Waals surface area (Å²) < 4.78 is 29.1. The fourth-order valence-electron chi connectivity index (χ4n) is 1.62. The van der Waals surface area contributed by atoms with Crippen molar-refractivity contribution < 1.29 is 17.9 Å². The van der Waals surface area contributed by atoms with Gasteiger partial charge in [-0.15, -0.1) is 5.10 Å². The first-order valence-electron chi connectivity index (χ1n) is 6.37. The molecule has 1 N–H and O–H groups in total. The van der Waals surface area contributed by atoms with Crippen LogP contribution in [-0.4, -0.2) is 20.3 Å². The van der Waals surface area contributed by atoms with E-state index in [1.54, 1.807) is 48.5 Å². The topological polar surface area (TPSA) is 84.8 Å². The predicted molar refractivity (Wildman–Crippen MR) is 81.5 cm³/mol. The van der Waals surface area contributed by atoms with Gasteiger partial charge in [-0.1, -0.05) is 36.4 Å². The van der Waals surface area contributed by atoms with Crippen molar-refractivity contribution in [2.45, 2.75) is 11.8 Å². The minimum Gasteiger partial charge on any atom is -0.405 e. The first-order chi connectivity index (χ1) is 10.5. The highest BCUT2D eigenvalue weighted by molar-refractivity contribution is 7.89. The molecular formula is C15H14N2O4S. The Morgan fingerprint density at radius 3 is 2.09 bits per heavy atom. The van der Waals surface area contributed by atoms with E-state index < -0.39 is 16.0 Å². The molecule has 0 unspecified atom stereocenters. The van der Waals surface area contributed by atoms with Gasteiger partial charge in [-0.25, -0.2) is 0 Å². The van der Waals surface area contributed by atoms with Crippen molar-refractivity contribution in [3.8, 4) is 0 Å². The maximum atomic E-state index is 12.1. The van der Waals surface area contributed by atoms with Crippen molar-refractivity contribution in [2.24, 2.45) is 5.10 Å². The predicted octanol–water partition coefficient (Wildman–Crippen LogP) is 1.89. The molecule has 6 nitrogen and oxygen atoms in total. The van der Waals surface area contributed by atoms with Crippen LogP contribution in [0.1, 0.15) is 12.5 Å². The third-order valence-corrected chi connectivity index (χ3v) is 3.81. The number of hydrazone groups is 1. The van der Waals surface area contributed by atoms with Gasteiger partial charge in [-0.3, -0.25) is 4.79 Å². The van der Waals surface area contributed by atoms with Crippen LogP contribution in [0.4, 0.5) is 0 Å². The Morgan fingerprint density at radius 2 is 1.55 bits per heavy atom. The van der Waals surface area contributed by atoms with Crippen LogP contribution in [0.5, 0.6) is 0 Å². The van der Waals surface area contributed by atoms with E-state index in [1.807, 2.05) is 0 Å². The quantitative estimate of drug-likeness (QED) is 0.404. The van der Waals surface area contributed by atoms with E-state index in [-0.39, 0.29) is 10.8 Å². The molecule has 0 saturated carbocycles. The average Bonchev–Trinajstić information content (AvgIpc) is 2.53. The van der Waals surface area contributed by atoms with Crippen molar-refractivity contribution >= 4 is 21.9 Å². The minimum atomic E-state index is -3.83. The smallest absolute Gasteiger partial charge is 0.309 e. The number of sulfonamides is 1. The Balaban J connectivity index is 2.29. The van der Waals surface area contributed by atoms with Gasteiger partial charge in [0.1, 0.15) is 0 Å². The van der Waals surface area contributed by atoms with Crippen molar-refractivity contribution in [1.82, 2.24) is 4.83 Å². The lowest BCUT2D eigenvalue weighted by molar-refractivity contribution is -0.132. The molecule has 0 radical (unpaired) electrons. The van der Waals surface area contributed by atoms with E-state index in [0.717, 1.165) is 0 Å². The summed E-state index contributed by atoms with van der Waals surface area (Å²) in [6, 6.07) is 16.3. The van der Waals surface area contributed by atoms with Crippen LogP contribution < -0.4 is 4.83 Å². The van der Waals surface area contributed by atoms with Gasteiger partial charge in [-0.05, 0) is 24.3 Å². The van der Waals surface area contributed by atoms with Gasteiger partial charge >= 0.3 is 5.97 Å². The first kappa shape index (κ1) is 15.7. The number of nitrogens with one attached hydrogen (secondary N) is 1. The van der Waals surface area contributed by atoms with Crippen molar-refractivity contribution in [3.63, 3.8) is 0 Å². The van der Waals surface area contributed by atoms with Crippen molar-refractivity contribution in [3.05, 3.63) is 66.2 Å². The molecular weight excluding hydrogens is 304 g/mol. The van der Waals surface area contributed by atoms with Crippen LogP contribution >= 0.6 is 0 Å². The molecule has 2 aromatic rings. The number of carbonyl (C=O) groups is 1. The zero-order valence-corrected chi connectivity index (χ0v) is 12.6. The van der Waals surface area contributed by atoms with Gasteiger partial charge in [0.25, 0.3) is 10.0 Å². The van der Waals surface area contributed by atoms with Gasteiger partial charge in [0, 0.05) is 12.5 Å². The summed E-state index contributed by atoms with van der Waals surface area (Å²) in [5, 5.41) is 3.72. The summed E-state index contributed by atoms with van der Waals surface area (Å²) in [6.07, 6.45) is 0. The zero-order valence-electron chi connectivity index (χ0n) is 11.8. The van der Waals surface area contributed by atoms with E-state index >= 15 is 0 Å². The van der Waals surface area contributed by atoms with Crippen LogP contribution in [0.3, 0.4) is 0 Å². The Bertz CT molecular complexity index is 772. The molecule has 0 aliphatic rings. The summed E-state index contributed by atoms with van der Waals surface area (Å²) >= 11 is 0. The number of hydrogen-bond donors (Lipinski definition) is 1. The molecule has 0 saturated heterocycles. The maximum absolute atomic E-state index is 12.1. The minimum absolute atomic E-state index is 0.0639. The monoisotopic (exact) mass is 318 g/mol. The number of carbonyl (C=O) groups excluding carboxylic acids is 1. The molecule has 2 aromatic carbocycles. The second-order valence-corrected chi connectivity index (χ2v) is 5.95. The lowest BCUT2D eigenvalue weighted by Crippen LogP contribution is -2.22. The molecule has 7 heteroatoms. The molecule has 0 heterocycles. The second-order valence-electron chi connectivity index (χ2n) is 4.28. The van der Waals surface area contributed by atoms with Gasteiger partial charge in [-0.2, -0.15) is 13.2 Å². The zero-order chi connectivity index (χ0) is 16.0. The third-order valence-electron chi connectivity index (χ3n) is 2.58. The number of ether oxygens (including phenoxy) is 1. The number of benzene rings is 2. The summed E-state index contributed by atoms with van der Waals surface area (Å²) in [6.45, 7) is 1.21. The van der Waals surface area contributed by atoms with Crippen LogP contribution in [-0.2, 0) is 19.6 Å². The molecule has 2 rings (SSSR count). The normalized spacial score (nSPS) is 11.8. The molecule has 0 atom stereocenters. The third kappa shape index (κ3) is 4.16. The largest absolute Gasteiger partial charge is 0.405 e. The van der Waals surface area contributed by atoms with Crippen molar-refractivity contribution in [2.75, 3.05) is 0 Å². The first-order valence-corrected chi connectivity index (χ1v) is 7.86. The average molecular weight is 318 g/mol. The number of esters is 1. The molecule has 0 aliphatic carbocycles. The summed E-state index contributed by atoms with van der Waals surface area (Å²) in [5.41, 5.74) is 0.480. The van der Waals surface area contributed by atoms with E-state index in [0.29, 0.717) is 5.56 Å². The molecule has 0 spiro atoms. The molecule has 0 bridgehead atoms. The molecule has 0 amide bonds. The Hall–Kier alpha value is -2.67. The SMILES string of the molecule is CC(=O)O/C(=N/NS(=O)(=O)c1ccccc1)c1ccccc1. The molecule has 114 valence electrons. The van der Waals surface area contributed by atoms with Gasteiger partial charge in [0.15, 0.2) is 0 Å². The van der Waals surface area contributed by atoms with E-state index in [4.69, 9.17) is 4.74 Å². The Kier molecular flexibility index (Phi) is 4.90. The summed E-state index contributed by atoms with van der Waals surface area (Å²) in [4.78, 5) is 13.3.